The van der Waals surface area contributed by atoms with Gasteiger partial charge >= 0.3 is 0 Å². The minimum Gasteiger partial charge on any atom is -0.588 e. The van der Waals surface area contributed by atoms with Crippen molar-refractivity contribution in [2.45, 2.75) is 63.4 Å². The van der Waals surface area contributed by atoms with Gasteiger partial charge in [0.2, 0.25) is 0 Å². The molecule has 0 saturated carbocycles. The lowest BCUT2D eigenvalue weighted by molar-refractivity contribution is -0.384. The van der Waals surface area contributed by atoms with Crippen molar-refractivity contribution in [1.82, 2.24) is 29.3 Å². The average molecular weight is 931 g/mol. The van der Waals surface area contributed by atoms with Crippen LogP contribution in [0, 0.1) is 15.5 Å². The maximum Gasteiger partial charge on any atom is 0.297 e. The number of hydrogen-bond acceptors (Lipinski definition) is 10. The largest absolute Gasteiger partial charge is 0.588 e. The van der Waals surface area contributed by atoms with Crippen LogP contribution in [0.1, 0.15) is 61.9 Å². The molecule has 0 spiro atoms. The highest BCUT2D eigenvalue weighted by Crippen LogP contribution is 2.43. The number of nitrogens with one attached hydrogen (secondary N) is 3. The van der Waals surface area contributed by atoms with Crippen molar-refractivity contribution in [2.75, 3.05) is 62.6 Å². The van der Waals surface area contributed by atoms with E-state index in [2.05, 4.69) is 60.8 Å². The summed E-state index contributed by atoms with van der Waals surface area (Å²) >= 11 is 4.15. The Morgan fingerprint density at radius 3 is 2.52 bits per heavy atom. The molecule has 6 aromatic rings. The number of fused-ring (bicyclic) bond motifs is 1. The maximum atomic E-state index is 14.0. The molecule has 3 N–H and O–H groups in total. The molecule has 66 heavy (non-hydrogen) atoms. The van der Waals surface area contributed by atoms with E-state index in [0.29, 0.717) is 17.2 Å². The van der Waals surface area contributed by atoms with Gasteiger partial charge in [-0.05, 0) is 115 Å². The first kappa shape index (κ1) is 45.3. The van der Waals surface area contributed by atoms with Gasteiger partial charge in [-0.3, -0.25) is 24.5 Å². The summed E-state index contributed by atoms with van der Waals surface area (Å²) in [5, 5.41) is 21.6. The van der Waals surface area contributed by atoms with E-state index >= 15 is 0 Å². The van der Waals surface area contributed by atoms with E-state index < -0.39 is 22.2 Å². The predicted molar refractivity (Wildman–Crippen MR) is 262 cm³/mol. The van der Waals surface area contributed by atoms with Crippen LogP contribution in [-0.2, 0) is 17.9 Å². The molecule has 3 aliphatic rings. The van der Waals surface area contributed by atoms with E-state index in [1.165, 1.54) is 22.8 Å². The molecule has 9 rings (SSSR count). The molecular weight excluding hydrogens is 874 g/mol. The fourth-order valence-corrected chi connectivity index (χ4v) is 10.3. The van der Waals surface area contributed by atoms with E-state index in [-0.39, 0.29) is 27.6 Å². The van der Waals surface area contributed by atoms with Crippen LogP contribution in [0.5, 0.6) is 11.5 Å². The standard InChI is InChI=1S/C50H56ClN9O5S/c1-50(2)18-14-37(44(33-50)35-4-6-38(51)7-5-35)34-57-24-27-58(28-25-57)40-8-11-43(48(31-40)65-41-9-12-45-36(30-41)15-20-52-45)49(61)55-66(64)42-10-13-46(47(32-42)60(62)63)54-39-16-22-56(23-17-39)26-29-59-21-3-19-53-59/h3-13,15,19-21,30-32,39,52,54H,14,16-18,22-29,33-34H2,1-2H3,(H,55,61). The highest BCUT2D eigenvalue weighted by Gasteiger charge is 2.31. The minimum atomic E-state index is -2.11. The number of carbonyl (C=O) groups is 1. The highest BCUT2D eigenvalue weighted by molar-refractivity contribution is 7.90. The molecule has 2 saturated heterocycles. The van der Waals surface area contributed by atoms with E-state index in [1.807, 2.05) is 71.7 Å². The number of nitro benzene ring substituents is 1. The van der Waals surface area contributed by atoms with Gasteiger partial charge in [-0.25, -0.2) is 0 Å². The molecule has 4 heterocycles. The molecule has 0 bridgehead atoms. The Labute approximate surface area is 393 Å². The summed E-state index contributed by atoms with van der Waals surface area (Å²) in [5.41, 5.74) is 6.63. The summed E-state index contributed by atoms with van der Waals surface area (Å²) in [7, 11) is 0. The second-order valence-corrected chi connectivity index (χ2v) is 20.0. The molecule has 1 atom stereocenters. The summed E-state index contributed by atoms with van der Waals surface area (Å²) in [6.45, 7) is 12.3. The molecule has 16 heteroatoms. The van der Waals surface area contributed by atoms with Gasteiger partial charge in [0.1, 0.15) is 28.5 Å². The maximum absolute atomic E-state index is 14.0. The molecule has 2 aromatic heterocycles. The van der Waals surface area contributed by atoms with Crippen molar-refractivity contribution in [3.05, 3.63) is 141 Å². The SMILES string of the molecule is CC1(C)CCC(CN2CCN(c3ccc(C(=O)N[S+]([O-])c4ccc(NC5CCN(CCn6cccn6)CC5)c([N+](=O)[O-])c4)c(Oc4ccc5[nH]ccc5c4)c3)CC2)=C(c2ccc(Cl)cc2)C1. The lowest BCUT2D eigenvalue weighted by Crippen LogP contribution is -2.47. The highest BCUT2D eigenvalue weighted by atomic mass is 35.5. The first-order valence-electron chi connectivity index (χ1n) is 22.7. The molecular formula is C50H56ClN9O5S. The third kappa shape index (κ3) is 10.9. The Morgan fingerprint density at radius 2 is 1.76 bits per heavy atom. The van der Waals surface area contributed by atoms with E-state index in [1.54, 1.807) is 24.4 Å². The van der Waals surface area contributed by atoms with Crippen LogP contribution in [0.4, 0.5) is 17.1 Å². The van der Waals surface area contributed by atoms with E-state index in [0.717, 1.165) is 113 Å². The number of likely N-dealkylation sites (tertiary alicyclic amines) is 1. The quantitative estimate of drug-likeness (QED) is 0.0514. The normalized spacial score (nSPS) is 17.8. The third-order valence-electron chi connectivity index (χ3n) is 13.2. The van der Waals surface area contributed by atoms with E-state index in [9.17, 15) is 19.5 Å². The number of nitro groups is 1. The van der Waals surface area contributed by atoms with Gasteiger partial charge in [0.25, 0.3) is 11.6 Å². The van der Waals surface area contributed by atoms with Crippen LogP contribution in [-0.4, -0.2) is 98.3 Å². The molecule has 1 aliphatic carbocycles. The van der Waals surface area contributed by atoms with Crippen molar-refractivity contribution in [3.8, 4) is 11.5 Å². The van der Waals surface area contributed by atoms with Crippen molar-refractivity contribution >= 4 is 62.4 Å². The summed E-state index contributed by atoms with van der Waals surface area (Å²) in [5.74, 6) is 0.213. The van der Waals surface area contributed by atoms with Crippen LogP contribution in [0.3, 0.4) is 0 Å². The van der Waals surface area contributed by atoms with Gasteiger partial charge in [-0.2, -0.15) is 9.82 Å². The van der Waals surface area contributed by atoms with Gasteiger partial charge < -0.3 is 29.4 Å². The fraction of sp³-hybridized carbons (Fsp3) is 0.360. The number of hydrogen-bond donors (Lipinski definition) is 3. The zero-order valence-electron chi connectivity index (χ0n) is 37.4. The summed E-state index contributed by atoms with van der Waals surface area (Å²) in [4.78, 5) is 36.4. The first-order valence-corrected chi connectivity index (χ1v) is 24.3. The Morgan fingerprint density at radius 1 is 0.955 bits per heavy atom. The molecule has 0 radical (unpaired) electrons. The molecule has 14 nitrogen and oxygen atoms in total. The summed E-state index contributed by atoms with van der Waals surface area (Å²) < 4.78 is 24.7. The van der Waals surface area contributed by atoms with Crippen molar-refractivity contribution in [3.63, 3.8) is 0 Å². The number of rotatable bonds is 15. The number of amides is 1. The Hall–Kier alpha value is -5.84. The summed E-state index contributed by atoms with van der Waals surface area (Å²) in [6, 6.07) is 27.7. The second kappa shape index (κ2) is 19.9. The zero-order chi connectivity index (χ0) is 45.8. The number of piperazine rings is 1. The number of anilines is 2. The van der Waals surface area contributed by atoms with Gasteiger partial charge in [-0.15, -0.1) is 0 Å². The fourth-order valence-electron chi connectivity index (χ4n) is 9.39. The number of aromatic amines is 1. The van der Waals surface area contributed by atoms with Crippen molar-refractivity contribution in [2.24, 2.45) is 5.41 Å². The number of benzene rings is 4. The van der Waals surface area contributed by atoms with Crippen molar-refractivity contribution < 1.29 is 19.0 Å². The molecule has 1 unspecified atom stereocenters. The van der Waals surface area contributed by atoms with Crippen LogP contribution in [0.15, 0.2) is 120 Å². The minimum absolute atomic E-state index is 0.0462. The number of halogens is 1. The van der Waals surface area contributed by atoms with Crippen LogP contribution >= 0.6 is 11.6 Å². The monoisotopic (exact) mass is 929 g/mol. The Balaban J connectivity index is 0.876. The molecule has 1 amide bonds. The lowest BCUT2D eigenvalue weighted by Gasteiger charge is -2.39. The zero-order valence-corrected chi connectivity index (χ0v) is 39.0. The number of ether oxygens (including phenoxy) is 1. The van der Waals surface area contributed by atoms with Gasteiger partial charge in [0.05, 0.1) is 23.1 Å². The predicted octanol–water partition coefficient (Wildman–Crippen LogP) is 9.53. The molecule has 4 aromatic carbocycles. The number of nitrogens with zero attached hydrogens (tertiary/aromatic N) is 6. The third-order valence-corrected chi connectivity index (χ3v) is 14.5. The number of piperidine rings is 1. The molecule has 344 valence electrons. The van der Waals surface area contributed by atoms with Crippen molar-refractivity contribution in [1.29, 1.82) is 0 Å². The molecule has 2 fully saturated rings. The van der Waals surface area contributed by atoms with Crippen LogP contribution in [0.25, 0.3) is 16.5 Å². The summed E-state index contributed by atoms with van der Waals surface area (Å²) in [6.07, 6.45) is 10.5. The number of aromatic nitrogens is 3. The first-order chi connectivity index (χ1) is 31.9. The Kier molecular flexibility index (Phi) is 13.7. The molecule has 2 aliphatic heterocycles. The van der Waals surface area contributed by atoms with E-state index in [4.69, 9.17) is 16.3 Å². The van der Waals surface area contributed by atoms with Gasteiger partial charge in [-0.1, -0.05) is 43.2 Å². The Bertz CT molecular complexity index is 2690. The average Bonchev–Trinajstić information content (AvgIpc) is 4.03. The van der Waals surface area contributed by atoms with Gasteiger partial charge in [0.15, 0.2) is 4.90 Å². The van der Waals surface area contributed by atoms with Crippen LogP contribution < -0.4 is 19.7 Å². The second-order valence-electron chi connectivity index (χ2n) is 18.4. The number of carbonyl (C=O) groups excluding carboxylic acids is 1. The van der Waals surface area contributed by atoms with Gasteiger partial charge in [0, 0.05) is 105 Å². The lowest BCUT2D eigenvalue weighted by atomic mass is 9.72. The topological polar surface area (TPSA) is 160 Å². The smallest absolute Gasteiger partial charge is 0.297 e. The van der Waals surface area contributed by atoms with Crippen LogP contribution in [0.2, 0.25) is 5.02 Å². The number of H-pyrrole nitrogens is 1. The number of allylic oxidation sites excluding steroid dienone is 1.